The summed E-state index contributed by atoms with van der Waals surface area (Å²) in [6.07, 6.45) is 0.682. The molecule has 2 amide bonds. The molecular formula is C30H31N4O5S2-. The van der Waals surface area contributed by atoms with E-state index in [4.69, 9.17) is 9.72 Å². The number of rotatable bonds is 12. The van der Waals surface area contributed by atoms with Crippen molar-refractivity contribution in [3.63, 3.8) is 0 Å². The van der Waals surface area contributed by atoms with Crippen molar-refractivity contribution < 1.29 is 23.1 Å². The minimum atomic E-state index is -2.43. The van der Waals surface area contributed by atoms with Gasteiger partial charge in [-0.3, -0.25) is 9.00 Å². The number of alkyl carbamates (subject to hydrolysis) is 1. The van der Waals surface area contributed by atoms with E-state index in [1.54, 1.807) is 24.3 Å². The smallest absolute Gasteiger partial charge is 0.407 e. The molecule has 3 atom stereocenters. The van der Waals surface area contributed by atoms with Crippen molar-refractivity contribution in [1.82, 2.24) is 15.6 Å². The molecule has 11 heteroatoms. The van der Waals surface area contributed by atoms with Crippen LogP contribution in [-0.2, 0) is 40.1 Å². The van der Waals surface area contributed by atoms with Gasteiger partial charge in [0.15, 0.2) is 0 Å². The van der Waals surface area contributed by atoms with Crippen LogP contribution in [0.25, 0.3) is 10.4 Å². The number of nitrogens with zero attached hydrogens (tertiary/aromatic N) is 1. The summed E-state index contributed by atoms with van der Waals surface area (Å²) in [6, 6.07) is 24.9. The number of hydrogen-bond donors (Lipinski definition) is 3. The van der Waals surface area contributed by atoms with Crippen LogP contribution in [0.2, 0.25) is 0 Å². The molecule has 1 aromatic heterocycles. The van der Waals surface area contributed by atoms with Gasteiger partial charge in [0.1, 0.15) is 11.0 Å². The fourth-order valence-electron chi connectivity index (χ4n) is 4.35. The quantitative estimate of drug-likeness (QED) is 0.200. The van der Waals surface area contributed by atoms with Crippen LogP contribution in [0.5, 0.6) is 0 Å². The molecule has 0 fully saturated rings. The Morgan fingerprint density at radius 3 is 2.17 bits per heavy atom. The minimum absolute atomic E-state index is 0.272. The van der Waals surface area contributed by atoms with Crippen molar-refractivity contribution in [2.24, 2.45) is 0 Å². The number of benzene rings is 3. The number of amides is 2. The van der Waals surface area contributed by atoms with Gasteiger partial charge in [0.05, 0.1) is 23.7 Å². The number of aromatic nitrogens is 1. The van der Waals surface area contributed by atoms with E-state index < -0.39 is 29.4 Å². The number of aryl methyl sites for hydroxylation is 1. The zero-order valence-corrected chi connectivity index (χ0v) is 24.3. The predicted molar refractivity (Wildman–Crippen MR) is 160 cm³/mol. The molecule has 41 heavy (non-hydrogen) atoms. The van der Waals surface area contributed by atoms with Crippen molar-refractivity contribution in [2.45, 2.75) is 38.3 Å². The molecule has 4 aromatic rings. The summed E-state index contributed by atoms with van der Waals surface area (Å²) in [5.74, 6) is -0.376. The molecule has 9 nitrogen and oxygen atoms in total. The third kappa shape index (κ3) is 8.46. The molecule has 3 N–H and O–H groups in total. The van der Waals surface area contributed by atoms with Gasteiger partial charge < -0.3 is 24.6 Å². The van der Waals surface area contributed by atoms with Gasteiger partial charge in [-0.15, -0.1) is 11.3 Å². The fourth-order valence-corrected chi connectivity index (χ4v) is 5.89. The van der Waals surface area contributed by atoms with E-state index in [2.05, 4.69) is 15.4 Å². The summed E-state index contributed by atoms with van der Waals surface area (Å²) in [4.78, 5) is 31.8. The first-order valence-corrected chi connectivity index (χ1v) is 14.9. The Bertz CT molecular complexity index is 1460. The Balaban J connectivity index is 1.66. The summed E-state index contributed by atoms with van der Waals surface area (Å²) < 4.78 is 29.1. The zero-order valence-electron chi connectivity index (χ0n) is 22.7. The Morgan fingerprint density at radius 1 is 0.927 bits per heavy atom. The van der Waals surface area contributed by atoms with Gasteiger partial charge in [0, 0.05) is 23.4 Å². The molecule has 0 radical (unpaired) electrons. The Kier molecular flexibility index (Phi) is 10.6. The summed E-state index contributed by atoms with van der Waals surface area (Å²) in [5.41, 5.74) is 4.16. The van der Waals surface area contributed by atoms with Crippen LogP contribution in [0.4, 0.5) is 10.5 Å². The lowest BCUT2D eigenvalue weighted by Crippen LogP contribution is -2.49. The number of hydrogen-bond acceptors (Lipinski definition) is 7. The van der Waals surface area contributed by atoms with Gasteiger partial charge in [-0.1, -0.05) is 79.7 Å². The summed E-state index contributed by atoms with van der Waals surface area (Å²) in [5, 5.41) is 6.51. The van der Waals surface area contributed by atoms with E-state index in [-0.39, 0.29) is 12.3 Å². The molecule has 214 valence electrons. The molecule has 1 heterocycles. The normalized spacial score (nSPS) is 13.0. The van der Waals surface area contributed by atoms with Crippen LogP contribution in [0.15, 0.2) is 84.9 Å². The molecule has 0 aliphatic rings. The summed E-state index contributed by atoms with van der Waals surface area (Å²) in [6.45, 7) is 2.04. The third-order valence-electron chi connectivity index (χ3n) is 6.37. The minimum Gasteiger partial charge on any atom is -0.755 e. The first-order valence-electron chi connectivity index (χ1n) is 13.0. The number of nitrogens with one attached hydrogen (secondary N) is 3. The first kappa shape index (κ1) is 29.9. The van der Waals surface area contributed by atoms with Crippen LogP contribution < -0.4 is 15.4 Å². The summed E-state index contributed by atoms with van der Waals surface area (Å²) in [7, 11) is 1.25. The molecule has 0 aliphatic carbocycles. The van der Waals surface area contributed by atoms with E-state index in [1.807, 2.05) is 67.6 Å². The molecule has 1 unspecified atom stereocenters. The third-order valence-corrected chi connectivity index (χ3v) is 8.03. The molecule has 0 aliphatic heterocycles. The highest BCUT2D eigenvalue weighted by atomic mass is 32.2. The first-order chi connectivity index (χ1) is 19.9. The lowest BCUT2D eigenvalue weighted by molar-refractivity contribution is -0.123. The molecule has 0 saturated heterocycles. The molecule has 0 spiro atoms. The number of carbonyl (C=O) groups excluding carboxylic acids is 2. The van der Waals surface area contributed by atoms with Crippen molar-refractivity contribution >= 4 is 40.3 Å². The van der Waals surface area contributed by atoms with E-state index in [9.17, 15) is 18.4 Å². The van der Waals surface area contributed by atoms with Crippen LogP contribution in [-0.4, -0.2) is 38.9 Å². The highest BCUT2D eigenvalue weighted by Crippen LogP contribution is 2.34. The van der Waals surface area contributed by atoms with Gasteiger partial charge in [-0.2, -0.15) is 0 Å². The van der Waals surface area contributed by atoms with Crippen LogP contribution in [0.3, 0.4) is 0 Å². The highest BCUT2D eigenvalue weighted by Gasteiger charge is 2.27. The molecule has 4 rings (SSSR count). The average molecular weight is 592 g/mol. The lowest BCUT2D eigenvalue weighted by atomic mass is 10.0. The lowest BCUT2D eigenvalue weighted by Gasteiger charge is -2.22. The maximum absolute atomic E-state index is 13.7. The predicted octanol–water partition coefficient (Wildman–Crippen LogP) is 4.95. The maximum Gasteiger partial charge on any atom is 0.407 e. The van der Waals surface area contributed by atoms with Gasteiger partial charge in [0.2, 0.25) is 5.91 Å². The number of ether oxygens (including phenoxy) is 1. The number of anilines is 1. The highest BCUT2D eigenvalue weighted by molar-refractivity contribution is 7.80. The SMILES string of the molecule is CCc1nc([C@H](Cc2ccc(NS(=O)[O-])cc2)NC(=O)[C@H](Cc2ccccc2)NC(=O)OC)sc1-c1ccccc1. The maximum atomic E-state index is 13.7. The van der Waals surface area contributed by atoms with E-state index in [0.29, 0.717) is 18.5 Å². The Labute approximate surface area is 245 Å². The van der Waals surface area contributed by atoms with Crippen molar-refractivity contribution in [1.29, 1.82) is 0 Å². The monoisotopic (exact) mass is 591 g/mol. The van der Waals surface area contributed by atoms with Crippen molar-refractivity contribution in [2.75, 3.05) is 11.8 Å². The average Bonchev–Trinajstić information content (AvgIpc) is 3.42. The van der Waals surface area contributed by atoms with E-state index >= 15 is 0 Å². The number of thiazole rings is 1. The van der Waals surface area contributed by atoms with Crippen molar-refractivity contribution in [3.8, 4) is 10.4 Å². The second kappa shape index (κ2) is 14.5. The topological polar surface area (TPSA) is 132 Å². The summed E-state index contributed by atoms with van der Waals surface area (Å²) >= 11 is -0.909. The van der Waals surface area contributed by atoms with Crippen LogP contribution in [0.1, 0.15) is 34.8 Å². The standard InChI is InChI=1S/C30H32N4O5S2/c1-3-24-27(22-12-8-5-9-13-22)40-29(32-24)26(19-21-14-16-23(17-15-21)34-41(37)38)31-28(35)25(33-30(36)39-2)18-20-10-6-4-7-11-20/h4-17,25-26,34H,3,18-19H2,1-2H3,(H,31,35)(H,33,36)(H,37,38)/p-1/t25-,26-/m0/s1. The Morgan fingerprint density at radius 2 is 1.56 bits per heavy atom. The molecular weight excluding hydrogens is 560 g/mol. The molecule has 0 bridgehead atoms. The zero-order chi connectivity index (χ0) is 29.2. The van der Waals surface area contributed by atoms with Gasteiger partial charge in [-0.25, -0.2) is 9.78 Å². The fraction of sp³-hybridized carbons (Fsp3) is 0.233. The van der Waals surface area contributed by atoms with Gasteiger partial charge in [0.25, 0.3) is 0 Å². The molecule has 3 aromatic carbocycles. The van der Waals surface area contributed by atoms with Crippen LogP contribution >= 0.6 is 11.3 Å². The van der Waals surface area contributed by atoms with Crippen LogP contribution in [0, 0.1) is 0 Å². The number of methoxy groups -OCH3 is 1. The Hall–Kier alpha value is -4.06. The number of carbonyl (C=O) groups is 2. The van der Waals surface area contributed by atoms with E-state index in [1.165, 1.54) is 18.4 Å². The van der Waals surface area contributed by atoms with Gasteiger partial charge >= 0.3 is 6.09 Å². The van der Waals surface area contributed by atoms with E-state index in [0.717, 1.165) is 32.3 Å². The largest absolute Gasteiger partial charge is 0.755 e. The second-order valence-corrected chi connectivity index (χ2v) is 10.9. The van der Waals surface area contributed by atoms with Crippen molar-refractivity contribution in [3.05, 3.63) is 107 Å². The van der Waals surface area contributed by atoms with Gasteiger partial charge in [-0.05, 0) is 41.7 Å². The second-order valence-electron chi connectivity index (χ2n) is 9.22. The molecule has 0 saturated carbocycles.